The molecule has 0 radical (unpaired) electrons. The normalized spacial score (nSPS) is 10.5. The van der Waals surface area contributed by atoms with Crippen molar-refractivity contribution in [3.8, 4) is 0 Å². The molecular weight excluding hydrogens is 178 g/mol. The Balaban J connectivity index is 2.71. The average Bonchev–Trinajstić information content (AvgIpc) is 1.90. The van der Waals surface area contributed by atoms with E-state index < -0.39 is 0 Å². The maximum absolute atomic E-state index is 10.8. The molecule has 2 N–H and O–H groups in total. The third-order valence-electron chi connectivity index (χ3n) is 1.46. The fourth-order valence-corrected chi connectivity index (χ4v) is 2.97. The lowest BCUT2D eigenvalue weighted by Crippen LogP contribution is -2.10. The molecule has 0 saturated carbocycles. The molecule has 2 rings (SSSR count). The van der Waals surface area contributed by atoms with Gasteiger partial charge >= 0.3 is 0 Å². The first-order valence-corrected chi connectivity index (χ1v) is 5.21. The maximum Gasteiger partial charge on any atom is 0.250 e. The summed E-state index contributed by atoms with van der Waals surface area (Å²) in [6.45, 7) is 0. The number of fused-ring (bicyclic) bond motifs is 1. The first kappa shape index (κ1) is 6.82. The van der Waals surface area contributed by atoms with Gasteiger partial charge in [-0.3, -0.25) is 4.79 Å². The van der Waals surface area contributed by atoms with E-state index in [0.717, 1.165) is 9.40 Å². The third-order valence-corrected chi connectivity index (χ3v) is 4.09. The summed E-state index contributed by atoms with van der Waals surface area (Å²) in [6, 6.07) is 5.60. The second-order valence-electron chi connectivity index (χ2n) is 2.16. The van der Waals surface area contributed by atoms with Crippen LogP contribution in [0.25, 0.3) is 9.40 Å². The molecule has 0 fully saturated rings. The molecule has 0 aliphatic heterocycles. The zero-order valence-electron chi connectivity index (χ0n) is 5.53. The smallest absolute Gasteiger partial charge is 0.250 e. The molecule has 1 aromatic carbocycles. The SMILES string of the molecule is NC(=O)c1cccc2ssc12. The second kappa shape index (κ2) is 2.32. The largest absolute Gasteiger partial charge is 0.366 e. The monoisotopic (exact) mass is 183 g/mol. The van der Waals surface area contributed by atoms with Gasteiger partial charge in [-0.2, -0.15) is 0 Å². The van der Waals surface area contributed by atoms with Crippen LogP contribution in [0.15, 0.2) is 18.2 Å². The summed E-state index contributed by atoms with van der Waals surface area (Å²) in [5, 5.41) is 0. The molecule has 0 unspecified atom stereocenters. The topological polar surface area (TPSA) is 43.1 Å². The first-order valence-electron chi connectivity index (χ1n) is 3.06. The Morgan fingerprint density at radius 1 is 1.36 bits per heavy atom. The van der Waals surface area contributed by atoms with E-state index in [2.05, 4.69) is 0 Å². The summed E-state index contributed by atoms with van der Waals surface area (Å²) < 4.78 is 2.19. The number of carbonyl (C=O) groups is 1. The number of amides is 1. The van der Waals surface area contributed by atoms with Gasteiger partial charge in [-0.25, -0.2) is 0 Å². The van der Waals surface area contributed by atoms with Gasteiger partial charge in [-0.05, 0) is 12.1 Å². The van der Waals surface area contributed by atoms with Crippen molar-refractivity contribution < 1.29 is 4.79 Å². The maximum atomic E-state index is 10.8. The van der Waals surface area contributed by atoms with Crippen LogP contribution in [0.3, 0.4) is 0 Å². The minimum atomic E-state index is -0.338. The summed E-state index contributed by atoms with van der Waals surface area (Å²) in [4.78, 5) is 10.8. The number of hydrogen-bond acceptors (Lipinski definition) is 3. The van der Waals surface area contributed by atoms with Crippen LogP contribution in [0.5, 0.6) is 0 Å². The van der Waals surface area contributed by atoms with Crippen LogP contribution in [0.4, 0.5) is 0 Å². The Hall–Kier alpha value is -0.870. The number of hydrogen-bond donors (Lipinski definition) is 1. The van der Waals surface area contributed by atoms with Gasteiger partial charge in [0.25, 0.3) is 0 Å². The minimum absolute atomic E-state index is 0.338. The van der Waals surface area contributed by atoms with Gasteiger partial charge in [0.2, 0.25) is 5.91 Å². The van der Waals surface area contributed by atoms with E-state index in [1.54, 1.807) is 26.7 Å². The van der Waals surface area contributed by atoms with Crippen LogP contribution in [-0.4, -0.2) is 5.91 Å². The van der Waals surface area contributed by atoms with Crippen molar-refractivity contribution in [1.29, 1.82) is 0 Å². The van der Waals surface area contributed by atoms with Gasteiger partial charge in [0.15, 0.2) is 0 Å². The second-order valence-corrected chi connectivity index (χ2v) is 4.35. The zero-order chi connectivity index (χ0) is 7.84. The highest BCUT2D eigenvalue weighted by atomic mass is 32.9. The Morgan fingerprint density at radius 2 is 2.18 bits per heavy atom. The van der Waals surface area contributed by atoms with Crippen molar-refractivity contribution in [2.75, 3.05) is 0 Å². The zero-order valence-corrected chi connectivity index (χ0v) is 7.17. The molecule has 0 saturated heterocycles. The summed E-state index contributed by atoms with van der Waals surface area (Å²) in [5.74, 6) is -0.338. The van der Waals surface area contributed by atoms with Crippen molar-refractivity contribution in [1.82, 2.24) is 0 Å². The Bertz CT molecular complexity index is 401. The van der Waals surface area contributed by atoms with Gasteiger partial charge in [0.1, 0.15) is 0 Å². The van der Waals surface area contributed by atoms with Crippen molar-refractivity contribution >= 4 is 36.0 Å². The Labute approximate surface area is 70.6 Å². The van der Waals surface area contributed by atoms with E-state index >= 15 is 0 Å². The van der Waals surface area contributed by atoms with Crippen molar-refractivity contribution in [3.05, 3.63) is 23.8 Å². The third kappa shape index (κ3) is 0.948. The molecule has 2 nitrogen and oxygen atoms in total. The molecule has 4 heteroatoms. The van der Waals surface area contributed by atoms with Gasteiger partial charge < -0.3 is 5.73 Å². The van der Waals surface area contributed by atoms with E-state index in [0.29, 0.717) is 5.56 Å². The van der Waals surface area contributed by atoms with Gasteiger partial charge in [0.05, 0.1) is 15.0 Å². The highest BCUT2D eigenvalue weighted by Crippen LogP contribution is 2.34. The van der Waals surface area contributed by atoms with Crippen molar-refractivity contribution in [3.63, 3.8) is 0 Å². The Kier molecular flexibility index (Phi) is 1.44. The van der Waals surface area contributed by atoms with E-state index in [1.807, 2.05) is 12.1 Å². The summed E-state index contributed by atoms with van der Waals surface area (Å²) in [5.41, 5.74) is 5.80. The van der Waals surface area contributed by atoms with Crippen LogP contribution in [0.1, 0.15) is 10.4 Å². The van der Waals surface area contributed by atoms with E-state index in [9.17, 15) is 4.79 Å². The van der Waals surface area contributed by atoms with Gasteiger partial charge in [-0.1, -0.05) is 26.7 Å². The van der Waals surface area contributed by atoms with E-state index in [-0.39, 0.29) is 5.91 Å². The van der Waals surface area contributed by atoms with Gasteiger partial charge in [-0.15, -0.1) is 0 Å². The minimum Gasteiger partial charge on any atom is -0.366 e. The Morgan fingerprint density at radius 3 is 2.64 bits per heavy atom. The van der Waals surface area contributed by atoms with Crippen LogP contribution in [0.2, 0.25) is 0 Å². The molecule has 1 amide bonds. The number of benzene rings is 1. The predicted octanol–water partition coefficient (Wildman–Crippen LogP) is 2.06. The predicted molar refractivity (Wildman–Crippen MR) is 48.2 cm³/mol. The van der Waals surface area contributed by atoms with Crippen LogP contribution < -0.4 is 5.73 Å². The molecule has 0 atom stereocenters. The van der Waals surface area contributed by atoms with E-state index in [1.165, 1.54) is 0 Å². The lowest BCUT2D eigenvalue weighted by atomic mass is 10.2. The molecule has 0 aliphatic rings. The molecule has 11 heavy (non-hydrogen) atoms. The molecule has 2 aromatic rings. The highest BCUT2D eigenvalue weighted by molar-refractivity contribution is 7.78. The summed E-state index contributed by atoms with van der Waals surface area (Å²) in [7, 11) is 3.27. The highest BCUT2D eigenvalue weighted by Gasteiger charge is 2.08. The van der Waals surface area contributed by atoms with Crippen LogP contribution in [-0.2, 0) is 0 Å². The molecule has 1 heterocycles. The molecule has 56 valence electrons. The fourth-order valence-electron chi connectivity index (χ4n) is 0.914. The van der Waals surface area contributed by atoms with Crippen molar-refractivity contribution in [2.24, 2.45) is 5.73 Å². The summed E-state index contributed by atoms with van der Waals surface area (Å²) >= 11 is 0. The lowest BCUT2D eigenvalue weighted by Gasteiger charge is -2.02. The number of carbonyl (C=O) groups excluding carboxylic acids is 1. The van der Waals surface area contributed by atoms with Crippen LogP contribution in [0, 0.1) is 0 Å². The lowest BCUT2D eigenvalue weighted by molar-refractivity contribution is 0.100. The fraction of sp³-hybridized carbons (Fsp3) is 0. The van der Waals surface area contributed by atoms with E-state index in [4.69, 9.17) is 5.73 Å². The van der Waals surface area contributed by atoms with Gasteiger partial charge in [0, 0.05) is 0 Å². The molecule has 1 aromatic heterocycles. The molecular formula is C7H5NOS2. The number of rotatable bonds is 1. The molecule has 0 aliphatic carbocycles. The number of primary amides is 1. The summed E-state index contributed by atoms with van der Waals surface area (Å²) in [6.07, 6.45) is 0. The number of nitrogens with two attached hydrogens (primary N) is 1. The molecule has 0 bridgehead atoms. The average molecular weight is 183 g/mol. The van der Waals surface area contributed by atoms with Crippen LogP contribution >= 0.6 is 20.7 Å². The van der Waals surface area contributed by atoms with Crippen molar-refractivity contribution in [2.45, 2.75) is 0 Å². The quantitative estimate of drug-likeness (QED) is 0.676. The molecule has 0 spiro atoms. The standard InChI is InChI=1S/C7H5NOS2/c8-7(9)4-2-1-3-5-6(4)11-10-5/h1-3H,(H2,8,9). The first-order chi connectivity index (χ1) is 5.29.